The Bertz CT molecular complexity index is 600. The molecule has 0 saturated heterocycles. The number of thiophene rings is 1. The second kappa shape index (κ2) is 3.32. The monoisotopic (exact) mass is 235 g/mol. The van der Waals surface area contributed by atoms with Gasteiger partial charge in [-0.1, -0.05) is 17.7 Å². The fourth-order valence-electron chi connectivity index (χ4n) is 1.37. The smallest absolute Gasteiger partial charge is 0.192 e. The van der Waals surface area contributed by atoms with E-state index in [1.165, 1.54) is 0 Å². The van der Waals surface area contributed by atoms with Gasteiger partial charge in [0.15, 0.2) is 11.5 Å². The van der Waals surface area contributed by atoms with Crippen molar-refractivity contribution in [1.29, 1.82) is 0 Å². The Morgan fingerprint density at radius 2 is 2.20 bits per heavy atom. The van der Waals surface area contributed by atoms with Crippen molar-refractivity contribution in [3.05, 3.63) is 40.9 Å². The van der Waals surface area contributed by atoms with Gasteiger partial charge in [0.25, 0.3) is 0 Å². The summed E-state index contributed by atoms with van der Waals surface area (Å²) in [5.41, 5.74) is 0.808. The molecule has 0 bridgehead atoms. The molecule has 0 aromatic carbocycles. The highest BCUT2D eigenvalue weighted by molar-refractivity contribution is 7.13. The zero-order chi connectivity index (χ0) is 10.3. The van der Waals surface area contributed by atoms with Crippen molar-refractivity contribution in [2.75, 3.05) is 0 Å². The molecule has 0 aliphatic carbocycles. The van der Waals surface area contributed by atoms with E-state index in [2.05, 4.69) is 10.1 Å². The lowest BCUT2D eigenvalue weighted by molar-refractivity contribution is 0.967. The van der Waals surface area contributed by atoms with E-state index in [9.17, 15) is 0 Å². The highest BCUT2D eigenvalue weighted by Crippen LogP contribution is 2.22. The molecule has 3 rings (SSSR count). The Morgan fingerprint density at radius 3 is 3.00 bits per heavy atom. The van der Waals surface area contributed by atoms with E-state index in [1.807, 2.05) is 29.6 Å². The number of pyridine rings is 1. The average molecular weight is 236 g/mol. The zero-order valence-electron chi connectivity index (χ0n) is 7.59. The van der Waals surface area contributed by atoms with Crippen LogP contribution in [0.5, 0.6) is 0 Å². The second-order valence-electron chi connectivity index (χ2n) is 3.06. The molecule has 0 fully saturated rings. The molecule has 3 aromatic rings. The van der Waals surface area contributed by atoms with Crippen LogP contribution in [0.25, 0.3) is 16.3 Å². The fourth-order valence-corrected chi connectivity index (χ4v) is 2.18. The molecule has 15 heavy (non-hydrogen) atoms. The van der Waals surface area contributed by atoms with Crippen LogP contribution in [-0.4, -0.2) is 14.6 Å². The molecule has 0 amide bonds. The molecular weight excluding hydrogens is 230 g/mol. The van der Waals surface area contributed by atoms with Gasteiger partial charge in [-0.15, -0.1) is 16.4 Å². The molecule has 3 nitrogen and oxygen atoms in total. The van der Waals surface area contributed by atoms with Crippen molar-refractivity contribution in [3.8, 4) is 10.7 Å². The Balaban J connectivity index is 2.22. The van der Waals surface area contributed by atoms with E-state index < -0.39 is 0 Å². The van der Waals surface area contributed by atoms with Gasteiger partial charge < -0.3 is 0 Å². The summed E-state index contributed by atoms with van der Waals surface area (Å²) in [4.78, 5) is 5.46. The van der Waals surface area contributed by atoms with E-state index in [0.29, 0.717) is 5.02 Å². The third kappa shape index (κ3) is 1.52. The maximum Gasteiger partial charge on any atom is 0.192 e. The van der Waals surface area contributed by atoms with Crippen molar-refractivity contribution in [1.82, 2.24) is 14.6 Å². The highest BCUT2D eigenvalue weighted by atomic mass is 35.5. The van der Waals surface area contributed by atoms with Crippen LogP contribution in [0.3, 0.4) is 0 Å². The van der Waals surface area contributed by atoms with Gasteiger partial charge in [-0.25, -0.2) is 9.50 Å². The lowest BCUT2D eigenvalue weighted by Gasteiger charge is -1.89. The molecule has 0 spiro atoms. The fraction of sp³-hybridized carbons (Fsp3) is 0. The maximum absolute atomic E-state index is 5.87. The van der Waals surface area contributed by atoms with Crippen LogP contribution in [0.15, 0.2) is 35.8 Å². The van der Waals surface area contributed by atoms with Gasteiger partial charge in [0, 0.05) is 6.20 Å². The van der Waals surface area contributed by atoms with Crippen LogP contribution >= 0.6 is 22.9 Å². The largest absolute Gasteiger partial charge is 0.219 e. The van der Waals surface area contributed by atoms with E-state index in [-0.39, 0.29) is 0 Å². The molecule has 0 atom stereocenters. The number of aromatic nitrogens is 3. The first kappa shape index (κ1) is 8.88. The topological polar surface area (TPSA) is 30.2 Å². The summed E-state index contributed by atoms with van der Waals surface area (Å²) >= 11 is 7.49. The SMILES string of the molecule is Clc1ccc2nc(-c3cccs3)nn2c1. The van der Waals surface area contributed by atoms with Crippen LogP contribution in [-0.2, 0) is 0 Å². The first-order chi connectivity index (χ1) is 7.33. The number of hydrogen-bond donors (Lipinski definition) is 0. The summed E-state index contributed by atoms with van der Waals surface area (Å²) in [5, 5.41) is 7.01. The van der Waals surface area contributed by atoms with E-state index in [1.54, 1.807) is 22.0 Å². The Kier molecular flexibility index (Phi) is 1.97. The summed E-state index contributed by atoms with van der Waals surface area (Å²) in [5.74, 6) is 0.743. The minimum Gasteiger partial charge on any atom is -0.219 e. The summed E-state index contributed by atoms with van der Waals surface area (Å²) in [7, 11) is 0. The van der Waals surface area contributed by atoms with Crippen LogP contribution < -0.4 is 0 Å². The molecule has 0 saturated carbocycles. The van der Waals surface area contributed by atoms with Gasteiger partial charge >= 0.3 is 0 Å². The Hall–Kier alpha value is -1.39. The quantitative estimate of drug-likeness (QED) is 0.649. The number of halogens is 1. The summed E-state index contributed by atoms with van der Waals surface area (Å²) < 4.78 is 1.69. The van der Waals surface area contributed by atoms with Crippen LogP contribution in [0.1, 0.15) is 0 Å². The van der Waals surface area contributed by atoms with Crippen molar-refractivity contribution in [3.63, 3.8) is 0 Å². The molecule has 0 radical (unpaired) electrons. The highest BCUT2D eigenvalue weighted by Gasteiger charge is 2.06. The lowest BCUT2D eigenvalue weighted by Crippen LogP contribution is -1.85. The molecule has 3 aromatic heterocycles. The van der Waals surface area contributed by atoms with Crippen molar-refractivity contribution < 1.29 is 0 Å². The number of rotatable bonds is 1. The summed E-state index contributed by atoms with van der Waals surface area (Å²) in [6.07, 6.45) is 1.75. The lowest BCUT2D eigenvalue weighted by atomic mass is 10.4. The third-order valence-electron chi connectivity index (χ3n) is 2.04. The van der Waals surface area contributed by atoms with Gasteiger partial charge in [-0.3, -0.25) is 0 Å². The molecule has 0 aliphatic rings. The van der Waals surface area contributed by atoms with Crippen molar-refractivity contribution in [2.24, 2.45) is 0 Å². The molecule has 3 heterocycles. The van der Waals surface area contributed by atoms with Crippen LogP contribution in [0.2, 0.25) is 5.02 Å². The van der Waals surface area contributed by atoms with Gasteiger partial charge in [-0.2, -0.15) is 0 Å². The second-order valence-corrected chi connectivity index (χ2v) is 4.45. The third-order valence-corrected chi connectivity index (χ3v) is 3.13. The minimum atomic E-state index is 0.658. The molecule has 0 unspecified atom stereocenters. The molecular formula is C10H6ClN3S. The molecule has 0 N–H and O–H groups in total. The number of fused-ring (bicyclic) bond motifs is 1. The first-order valence-corrected chi connectivity index (χ1v) is 5.64. The number of nitrogens with zero attached hydrogens (tertiary/aromatic N) is 3. The van der Waals surface area contributed by atoms with Crippen LogP contribution in [0, 0.1) is 0 Å². The van der Waals surface area contributed by atoms with Gasteiger partial charge in [0.05, 0.1) is 9.90 Å². The van der Waals surface area contributed by atoms with Gasteiger partial charge in [-0.05, 0) is 23.6 Å². The van der Waals surface area contributed by atoms with Gasteiger partial charge in [0.1, 0.15) is 0 Å². The Morgan fingerprint density at radius 1 is 1.27 bits per heavy atom. The molecule has 5 heteroatoms. The molecule has 74 valence electrons. The normalized spacial score (nSPS) is 11.0. The van der Waals surface area contributed by atoms with Gasteiger partial charge in [0.2, 0.25) is 0 Å². The number of hydrogen-bond acceptors (Lipinski definition) is 3. The predicted octanol–water partition coefficient (Wildman–Crippen LogP) is 3.11. The Labute approximate surface area is 95.0 Å². The average Bonchev–Trinajstić information content (AvgIpc) is 2.84. The standard InChI is InChI=1S/C10H6ClN3S/c11-7-3-4-9-12-10(13-14(9)6-7)8-2-1-5-15-8/h1-6H. The molecule has 0 aliphatic heterocycles. The van der Waals surface area contributed by atoms with E-state index in [4.69, 9.17) is 11.6 Å². The van der Waals surface area contributed by atoms with Crippen LogP contribution in [0.4, 0.5) is 0 Å². The zero-order valence-corrected chi connectivity index (χ0v) is 9.16. The summed E-state index contributed by atoms with van der Waals surface area (Å²) in [6.45, 7) is 0. The van der Waals surface area contributed by atoms with E-state index in [0.717, 1.165) is 16.3 Å². The first-order valence-electron chi connectivity index (χ1n) is 4.39. The summed E-state index contributed by atoms with van der Waals surface area (Å²) in [6, 6.07) is 7.65. The van der Waals surface area contributed by atoms with Crippen molar-refractivity contribution >= 4 is 28.6 Å². The van der Waals surface area contributed by atoms with Crippen molar-refractivity contribution in [2.45, 2.75) is 0 Å². The maximum atomic E-state index is 5.87. The predicted molar refractivity (Wildman–Crippen MR) is 61.3 cm³/mol. The van der Waals surface area contributed by atoms with E-state index >= 15 is 0 Å². The minimum absolute atomic E-state index is 0.658.